The van der Waals surface area contributed by atoms with Gasteiger partial charge in [0.2, 0.25) is 5.91 Å². The third-order valence-corrected chi connectivity index (χ3v) is 7.29. The number of nitrogens with zero attached hydrogens (tertiary/aromatic N) is 3. The number of aliphatic carboxylic acids is 1. The number of carbonyl (C=O) groups is 2. The van der Waals surface area contributed by atoms with Crippen molar-refractivity contribution in [3.63, 3.8) is 0 Å². The van der Waals surface area contributed by atoms with Crippen molar-refractivity contribution >= 4 is 39.1 Å². The molecule has 9 nitrogen and oxygen atoms in total. The molecule has 26 heavy (non-hydrogen) atoms. The predicted octanol–water partition coefficient (Wildman–Crippen LogP) is 0.995. The van der Waals surface area contributed by atoms with Gasteiger partial charge in [0.1, 0.15) is 10.8 Å². The Balaban J connectivity index is 1.61. The third-order valence-electron chi connectivity index (χ3n) is 3.84. The minimum atomic E-state index is -3.47. The molecule has 1 amide bonds. The van der Waals surface area contributed by atoms with Gasteiger partial charge < -0.3 is 10.4 Å². The summed E-state index contributed by atoms with van der Waals surface area (Å²) in [7, 11) is -3.47. The van der Waals surface area contributed by atoms with Crippen molar-refractivity contribution in [2.75, 3.05) is 18.4 Å². The lowest BCUT2D eigenvalue weighted by Gasteiger charge is -2.13. The number of carboxylic acids is 1. The molecule has 1 aliphatic rings. The van der Waals surface area contributed by atoms with Gasteiger partial charge in [-0.1, -0.05) is 0 Å². The van der Waals surface area contributed by atoms with Crippen molar-refractivity contribution < 1.29 is 23.1 Å². The molecule has 0 bridgehead atoms. The van der Waals surface area contributed by atoms with Crippen molar-refractivity contribution in [3.05, 3.63) is 29.3 Å². The number of amides is 1. The first-order valence-corrected chi connectivity index (χ1v) is 10.2. The number of hydrogen-bond acceptors (Lipinski definition) is 6. The Bertz CT molecular complexity index is 912. The van der Waals surface area contributed by atoms with Crippen LogP contribution in [0.4, 0.5) is 5.82 Å². The lowest BCUT2D eigenvalue weighted by molar-refractivity contribution is -0.137. The second kappa shape index (κ2) is 7.56. The van der Waals surface area contributed by atoms with E-state index in [2.05, 4.69) is 10.4 Å². The van der Waals surface area contributed by atoms with Crippen molar-refractivity contribution in [1.29, 1.82) is 0 Å². The summed E-state index contributed by atoms with van der Waals surface area (Å²) in [4.78, 5) is 23.3. The molecule has 2 aromatic heterocycles. The molecule has 0 saturated carbocycles. The van der Waals surface area contributed by atoms with Crippen molar-refractivity contribution in [2.24, 2.45) is 0 Å². The van der Waals surface area contributed by atoms with Gasteiger partial charge in [-0.15, -0.1) is 11.3 Å². The van der Waals surface area contributed by atoms with Crippen molar-refractivity contribution in [3.8, 4) is 0 Å². The summed E-state index contributed by atoms with van der Waals surface area (Å²) in [5.74, 6) is -1.13. The van der Waals surface area contributed by atoms with Crippen LogP contribution in [0, 0.1) is 0 Å². The average Bonchev–Trinajstić information content (AvgIpc) is 3.28. The highest BCUT2D eigenvalue weighted by atomic mass is 32.2. The summed E-state index contributed by atoms with van der Waals surface area (Å²) < 4.78 is 27.9. The number of rotatable bonds is 7. The van der Waals surface area contributed by atoms with E-state index in [4.69, 9.17) is 5.11 Å². The Kier molecular flexibility index (Phi) is 5.39. The van der Waals surface area contributed by atoms with Gasteiger partial charge >= 0.3 is 5.97 Å². The van der Waals surface area contributed by atoms with E-state index in [1.807, 2.05) is 0 Å². The Morgan fingerprint density at radius 3 is 2.65 bits per heavy atom. The maximum atomic E-state index is 12.5. The Labute approximate surface area is 154 Å². The van der Waals surface area contributed by atoms with E-state index in [-0.39, 0.29) is 28.9 Å². The molecule has 3 rings (SSSR count). The molecular formula is C15H18N4O5S2. The maximum Gasteiger partial charge on any atom is 0.325 e. The Morgan fingerprint density at radius 2 is 1.96 bits per heavy atom. The quantitative estimate of drug-likeness (QED) is 0.717. The van der Waals surface area contributed by atoms with Crippen LogP contribution in [0.3, 0.4) is 0 Å². The third kappa shape index (κ3) is 4.29. The standard InChI is InChI=1S/C15H18N4O5S2/c20-13(16-12-5-8-18(17-12)10-14(21)22)9-11-3-4-15(25-11)26(23,24)19-6-1-2-7-19/h3-5,8H,1-2,6-7,9-10H2,(H,21,22)(H,16,17,20). The molecule has 1 aliphatic heterocycles. The average molecular weight is 398 g/mol. The summed E-state index contributed by atoms with van der Waals surface area (Å²) in [5, 5.41) is 15.2. The molecule has 0 aliphatic carbocycles. The van der Waals surface area contributed by atoms with Crippen LogP contribution >= 0.6 is 11.3 Å². The zero-order chi connectivity index (χ0) is 18.7. The van der Waals surface area contributed by atoms with Crippen LogP contribution in [-0.2, 0) is 32.6 Å². The van der Waals surface area contributed by atoms with Crippen LogP contribution in [0.15, 0.2) is 28.6 Å². The van der Waals surface area contributed by atoms with Gasteiger partial charge in [0.15, 0.2) is 5.82 Å². The predicted molar refractivity (Wildman–Crippen MR) is 94.5 cm³/mol. The highest BCUT2D eigenvalue weighted by Gasteiger charge is 2.28. The highest BCUT2D eigenvalue weighted by Crippen LogP contribution is 2.27. The van der Waals surface area contributed by atoms with Gasteiger partial charge in [0.05, 0.1) is 6.42 Å². The number of sulfonamides is 1. The lowest BCUT2D eigenvalue weighted by atomic mass is 10.3. The molecule has 3 heterocycles. The minimum Gasteiger partial charge on any atom is -0.480 e. The van der Waals surface area contributed by atoms with Gasteiger partial charge in [-0.2, -0.15) is 9.40 Å². The second-order valence-electron chi connectivity index (χ2n) is 5.85. The molecule has 140 valence electrons. The molecule has 2 aromatic rings. The van der Waals surface area contributed by atoms with Crippen molar-refractivity contribution in [1.82, 2.24) is 14.1 Å². The molecular weight excluding hydrogens is 380 g/mol. The van der Waals surface area contributed by atoms with Crippen molar-refractivity contribution in [2.45, 2.75) is 30.0 Å². The van der Waals surface area contributed by atoms with E-state index in [0.29, 0.717) is 18.0 Å². The summed E-state index contributed by atoms with van der Waals surface area (Å²) in [6.45, 7) is 0.780. The van der Waals surface area contributed by atoms with Crippen LogP contribution in [0.1, 0.15) is 17.7 Å². The number of anilines is 1. The molecule has 1 fully saturated rings. The fourth-order valence-corrected chi connectivity index (χ4v) is 5.67. The van der Waals surface area contributed by atoms with E-state index in [1.54, 1.807) is 6.07 Å². The summed E-state index contributed by atoms with van der Waals surface area (Å²) in [6.07, 6.45) is 3.21. The number of carboxylic acid groups (broad SMARTS) is 1. The number of aromatic nitrogens is 2. The normalized spacial score (nSPS) is 15.2. The lowest BCUT2D eigenvalue weighted by Crippen LogP contribution is -2.27. The van der Waals surface area contributed by atoms with Crippen LogP contribution in [0.5, 0.6) is 0 Å². The maximum absolute atomic E-state index is 12.5. The molecule has 1 saturated heterocycles. The largest absolute Gasteiger partial charge is 0.480 e. The molecule has 0 aromatic carbocycles. The number of thiophene rings is 1. The highest BCUT2D eigenvalue weighted by molar-refractivity contribution is 7.91. The second-order valence-corrected chi connectivity index (χ2v) is 9.18. The fraction of sp³-hybridized carbons (Fsp3) is 0.400. The van der Waals surface area contributed by atoms with Crippen LogP contribution < -0.4 is 5.32 Å². The first-order valence-electron chi connectivity index (χ1n) is 7.98. The summed E-state index contributed by atoms with van der Waals surface area (Å²) in [5.41, 5.74) is 0. The molecule has 11 heteroatoms. The van der Waals surface area contributed by atoms with Gasteiger partial charge in [0.25, 0.3) is 10.0 Å². The van der Waals surface area contributed by atoms with Gasteiger partial charge in [0, 0.05) is 30.2 Å². The van der Waals surface area contributed by atoms with Crippen LogP contribution in [0.25, 0.3) is 0 Å². The number of nitrogens with one attached hydrogen (secondary N) is 1. The summed E-state index contributed by atoms with van der Waals surface area (Å²) in [6, 6.07) is 4.66. The fourth-order valence-electron chi connectivity index (χ4n) is 2.65. The van der Waals surface area contributed by atoms with E-state index < -0.39 is 16.0 Å². The van der Waals surface area contributed by atoms with E-state index >= 15 is 0 Å². The van der Waals surface area contributed by atoms with E-state index in [0.717, 1.165) is 24.2 Å². The van der Waals surface area contributed by atoms with Crippen LogP contribution in [0.2, 0.25) is 0 Å². The van der Waals surface area contributed by atoms with Gasteiger partial charge in [-0.3, -0.25) is 14.3 Å². The zero-order valence-electron chi connectivity index (χ0n) is 13.8. The smallest absolute Gasteiger partial charge is 0.325 e. The Hall–Kier alpha value is -2.24. The first kappa shape index (κ1) is 18.5. The summed E-state index contributed by atoms with van der Waals surface area (Å²) >= 11 is 1.09. The topological polar surface area (TPSA) is 122 Å². The molecule has 0 spiro atoms. The van der Waals surface area contributed by atoms with Gasteiger partial charge in [-0.25, -0.2) is 8.42 Å². The first-order chi connectivity index (χ1) is 12.3. The minimum absolute atomic E-state index is 0.0198. The number of hydrogen-bond donors (Lipinski definition) is 2. The number of carbonyl (C=O) groups excluding carboxylic acids is 1. The van der Waals surface area contributed by atoms with Gasteiger partial charge in [-0.05, 0) is 25.0 Å². The molecule has 0 atom stereocenters. The SMILES string of the molecule is O=C(O)Cn1ccc(NC(=O)Cc2ccc(S(=O)(=O)N3CCCC3)s2)n1. The Morgan fingerprint density at radius 1 is 1.23 bits per heavy atom. The molecule has 0 radical (unpaired) electrons. The molecule has 0 unspecified atom stereocenters. The molecule has 2 N–H and O–H groups in total. The monoisotopic (exact) mass is 398 g/mol. The van der Waals surface area contributed by atoms with Crippen LogP contribution in [-0.4, -0.2) is 52.6 Å². The van der Waals surface area contributed by atoms with E-state index in [1.165, 1.54) is 27.3 Å². The van der Waals surface area contributed by atoms with E-state index in [9.17, 15) is 18.0 Å². The zero-order valence-corrected chi connectivity index (χ0v) is 15.4.